The Morgan fingerprint density at radius 3 is 2.50 bits per heavy atom. The van der Waals surface area contributed by atoms with E-state index >= 15 is 0 Å². The van der Waals surface area contributed by atoms with Gasteiger partial charge in [-0.25, -0.2) is 18.4 Å². The second-order valence-corrected chi connectivity index (χ2v) is 6.22. The van der Waals surface area contributed by atoms with Gasteiger partial charge in [0.25, 0.3) is 10.0 Å². The molecule has 0 atom stereocenters. The summed E-state index contributed by atoms with van der Waals surface area (Å²) < 4.78 is 27.0. The zero-order valence-corrected chi connectivity index (χ0v) is 12.4. The Hall–Kier alpha value is -1.66. The molecule has 0 fully saturated rings. The number of nitrogens with zero attached hydrogens (tertiary/aromatic N) is 2. The number of rotatable bonds is 5. The molecule has 0 saturated carbocycles. The normalized spacial score (nSPS) is 11.3. The number of nitrogens with one attached hydrogen (secondary N) is 1. The molecular weight excluding hydrogens is 298 g/mol. The highest BCUT2D eigenvalue weighted by molar-refractivity contribution is 7.92. The third kappa shape index (κ3) is 3.46. The van der Waals surface area contributed by atoms with Crippen molar-refractivity contribution < 1.29 is 8.42 Å². The lowest BCUT2D eigenvalue weighted by molar-refractivity contribution is 0.600. The Bertz CT molecular complexity index is 687. The van der Waals surface area contributed by atoms with Crippen LogP contribution in [0.15, 0.2) is 41.6 Å². The molecule has 2 aromatic rings. The average Bonchev–Trinajstić information content (AvgIpc) is 2.41. The second kappa shape index (κ2) is 6.19. The quantitative estimate of drug-likeness (QED) is 0.862. The van der Waals surface area contributed by atoms with Crippen molar-refractivity contribution in [3.8, 4) is 0 Å². The van der Waals surface area contributed by atoms with E-state index < -0.39 is 10.0 Å². The molecule has 7 heteroatoms. The fraction of sp³-hybridized carbons (Fsp3) is 0.231. The summed E-state index contributed by atoms with van der Waals surface area (Å²) in [5.41, 5.74) is 1.53. The maximum absolute atomic E-state index is 12.2. The summed E-state index contributed by atoms with van der Waals surface area (Å²) in [6.07, 6.45) is 4.10. The van der Waals surface area contributed by atoms with Gasteiger partial charge in [-0.05, 0) is 29.7 Å². The topological polar surface area (TPSA) is 72.0 Å². The zero-order chi connectivity index (χ0) is 14.6. The minimum Gasteiger partial charge on any atom is -0.279 e. The van der Waals surface area contributed by atoms with Crippen LogP contribution in [0.25, 0.3) is 0 Å². The van der Waals surface area contributed by atoms with Gasteiger partial charge < -0.3 is 0 Å². The van der Waals surface area contributed by atoms with E-state index in [9.17, 15) is 8.42 Å². The molecule has 1 heterocycles. The van der Waals surface area contributed by atoms with Gasteiger partial charge in [0.1, 0.15) is 4.90 Å². The molecule has 0 aliphatic heterocycles. The highest BCUT2D eigenvalue weighted by Gasteiger charge is 2.16. The maximum atomic E-state index is 12.2. The van der Waals surface area contributed by atoms with E-state index in [-0.39, 0.29) is 10.2 Å². The van der Waals surface area contributed by atoms with Crippen molar-refractivity contribution in [2.75, 3.05) is 4.72 Å². The maximum Gasteiger partial charge on any atom is 0.264 e. The first-order chi connectivity index (χ1) is 9.53. The summed E-state index contributed by atoms with van der Waals surface area (Å²) in [6, 6.07) is 7.31. The van der Waals surface area contributed by atoms with Gasteiger partial charge in [0.2, 0.25) is 5.28 Å². The van der Waals surface area contributed by atoms with Gasteiger partial charge in [-0.1, -0.05) is 31.5 Å². The van der Waals surface area contributed by atoms with Crippen LogP contribution in [-0.2, 0) is 16.4 Å². The Morgan fingerprint density at radius 2 is 1.85 bits per heavy atom. The molecule has 0 aliphatic carbocycles. The van der Waals surface area contributed by atoms with E-state index in [1.165, 1.54) is 12.4 Å². The number of anilines is 1. The van der Waals surface area contributed by atoms with E-state index in [4.69, 9.17) is 11.6 Å². The van der Waals surface area contributed by atoms with E-state index in [0.29, 0.717) is 5.69 Å². The van der Waals surface area contributed by atoms with Gasteiger partial charge in [0.05, 0.1) is 18.1 Å². The van der Waals surface area contributed by atoms with Crippen LogP contribution in [-0.4, -0.2) is 18.4 Å². The monoisotopic (exact) mass is 311 g/mol. The Balaban J connectivity index is 2.31. The number of aromatic nitrogens is 2. The highest BCUT2D eigenvalue weighted by atomic mass is 35.5. The first-order valence-corrected chi connectivity index (χ1v) is 7.97. The van der Waals surface area contributed by atoms with Crippen LogP contribution in [0.3, 0.4) is 0 Å². The predicted octanol–water partition coefficient (Wildman–Crippen LogP) is 2.88. The van der Waals surface area contributed by atoms with E-state index in [1.54, 1.807) is 12.1 Å². The fourth-order valence-electron chi connectivity index (χ4n) is 1.75. The smallest absolute Gasteiger partial charge is 0.264 e. The van der Waals surface area contributed by atoms with Gasteiger partial charge in [0.15, 0.2) is 0 Å². The lowest BCUT2D eigenvalue weighted by Crippen LogP contribution is -2.14. The van der Waals surface area contributed by atoms with Crippen molar-refractivity contribution in [1.29, 1.82) is 0 Å². The molecule has 0 aliphatic rings. The molecule has 0 unspecified atom stereocenters. The third-order valence-corrected chi connectivity index (χ3v) is 4.20. The lowest BCUT2D eigenvalue weighted by atomic mass is 10.1. The minimum absolute atomic E-state index is 0.00957. The summed E-state index contributed by atoms with van der Waals surface area (Å²) in [4.78, 5) is 7.34. The van der Waals surface area contributed by atoms with Gasteiger partial charge in [-0.15, -0.1) is 0 Å². The Morgan fingerprint density at radius 1 is 1.20 bits per heavy atom. The zero-order valence-electron chi connectivity index (χ0n) is 10.9. The van der Waals surface area contributed by atoms with Crippen molar-refractivity contribution in [2.45, 2.75) is 24.7 Å². The molecule has 0 radical (unpaired) electrons. The molecule has 20 heavy (non-hydrogen) atoms. The largest absolute Gasteiger partial charge is 0.279 e. The van der Waals surface area contributed by atoms with Crippen LogP contribution >= 0.6 is 11.6 Å². The van der Waals surface area contributed by atoms with Gasteiger partial charge in [-0.3, -0.25) is 4.72 Å². The number of halogens is 1. The summed E-state index contributed by atoms with van der Waals surface area (Å²) in [5.74, 6) is 0. The number of hydrogen-bond donors (Lipinski definition) is 1. The first-order valence-electron chi connectivity index (χ1n) is 6.11. The fourth-order valence-corrected chi connectivity index (χ4v) is 2.84. The standard InChI is InChI=1S/C13H14ClN3O2S/c1-2-5-10-6-3-4-7-12(10)17-20(18,19)11-8-15-13(14)16-9-11/h3-4,6-9,17H,2,5H2,1H3. The molecule has 1 aromatic carbocycles. The molecule has 0 bridgehead atoms. The molecule has 5 nitrogen and oxygen atoms in total. The van der Waals surface area contributed by atoms with Gasteiger partial charge >= 0.3 is 0 Å². The molecule has 0 saturated heterocycles. The Labute approximate surface area is 123 Å². The summed E-state index contributed by atoms with van der Waals surface area (Å²) in [5, 5.41) is 0.00957. The summed E-state index contributed by atoms with van der Waals surface area (Å²) in [7, 11) is -3.70. The minimum atomic E-state index is -3.70. The Kier molecular flexibility index (Phi) is 4.57. The third-order valence-electron chi connectivity index (χ3n) is 2.69. The number of para-hydroxylation sites is 1. The lowest BCUT2D eigenvalue weighted by Gasteiger charge is -2.11. The molecular formula is C13H14ClN3O2S. The average molecular weight is 312 g/mol. The van der Waals surface area contributed by atoms with Crippen LogP contribution in [0, 0.1) is 0 Å². The van der Waals surface area contributed by atoms with Crippen LogP contribution in [0.4, 0.5) is 5.69 Å². The van der Waals surface area contributed by atoms with E-state index in [0.717, 1.165) is 18.4 Å². The van der Waals surface area contributed by atoms with Crippen LogP contribution < -0.4 is 4.72 Å². The summed E-state index contributed by atoms with van der Waals surface area (Å²) >= 11 is 5.55. The number of benzene rings is 1. The van der Waals surface area contributed by atoms with Crippen molar-refractivity contribution in [1.82, 2.24) is 9.97 Å². The number of hydrogen-bond acceptors (Lipinski definition) is 4. The number of aryl methyl sites for hydroxylation is 1. The van der Waals surface area contributed by atoms with Crippen molar-refractivity contribution >= 4 is 27.3 Å². The molecule has 0 amide bonds. The molecule has 1 aromatic heterocycles. The van der Waals surface area contributed by atoms with Crippen LogP contribution in [0.2, 0.25) is 5.28 Å². The molecule has 2 rings (SSSR count). The second-order valence-electron chi connectivity index (χ2n) is 4.20. The van der Waals surface area contributed by atoms with Gasteiger partial charge in [0, 0.05) is 0 Å². The highest BCUT2D eigenvalue weighted by Crippen LogP contribution is 2.20. The van der Waals surface area contributed by atoms with Crippen LogP contribution in [0.1, 0.15) is 18.9 Å². The van der Waals surface area contributed by atoms with Crippen molar-refractivity contribution in [3.63, 3.8) is 0 Å². The van der Waals surface area contributed by atoms with E-state index in [2.05, 4.69) is 14.7 Å². The SMILES string of the molecule is CCCc1ccccc1NS(=O)(=O)c1cnc(Cl)nc1. The molecule has 0 spiro atoms. The van der Waals surface area contributed by atoms with Crippen molar-refractivity contribution in [3.05, 3.63) is 47.5 Å². The summed E-state index contributed by atoms with van der Waals surface area (Å²) in [6.45, 7) is 2.04. The van der Waals surface area contributed by atoms with E-state index in [1.807, 2.05) is 19.1 Å². The van der Waals surface area contributed by atoms with Gasteiger partial charge in [-0.2, -0.15) is 0 Å². The van der Waals surface area contributed by atoms with Crippen molar-refractivity contribution in [2.24, 2.45) is 0 Å². The van der Waals surface area contributed by atoms with Crippen LogP contribution in [0.5, 0.6) is 0 Å². The first kappa shape index (κ1) is 14.7. The predicted molar refractivity (Wildman–Crippen MR) is 78.3 cm³/mol. The molecule has 106 valence electrons. The molecule has 1 N–H and O–H groups in total. The number of sulfonamides is 1.